The predicted molar refractivity (Wildman–Crippen MR) is 95.9 cm³/mol. The van der Waals surface area contributed by atoms with Gasteiger partial charge in [0.05, 0.1) is 40.4 Å². The van der Waals surface area contributed by atoms with Crippen LogP contribution in [0.25, 0.3) is 0 Å². The predicted octanol–water partition coefficient (Wildman–Crippen LogP) is 2.60. The van der Waals surface area contributed by atoms with Gasteiger partial charge in [-0.15, -0.1) is 0 Å². The van der Waals surface area contributed by atoms with Crippen LogP contribution >= 0.6 is 23.2 Å². The lowest BCUT2D eigenvalue weighted by Crippen LogP contribution is -2.50. The summed E-state index contributed by atoms with van der Waals surface area (Å²) in [7, 11) is 0. The molecule has 0 fully saturated rings. The Morgan fingerprint density at radius 1 is 1.19 bits per heavy atom. The number of carbonyl (C=O) groups is 3. The second-order valence-electron chi connectivity index (χ2n) is 5.52. The largest absolute Gasteiger partial charge is 0.463 e. The van der Waals surface area contributed by atoms with Crippen LogP contribution in [0.1, 0.15) is 19.4 Å². The molecule has 2 rings (SSSR count). The smallest absolute Gasteiger partial charge is 0.338 e. The number of urea groups is 1. The van der Waals surface area contributed by atoms with Gasteiger partial charge in [0.15, 0.2) is 0 Å². The number of benzene rings is 1. The van der Waals surface area contributed by atoms with Crippen LogP contribution in [0.5, 0.6) is 0 Å². The summed E-state index contributed by atoms with van der Waals surface area (Å²) in [6.45, 7) is 3.25. The summed E-state index contributed by atoms with van der Waals surface area (Å²) < 4.78 is 10.2. The Balaban J connectivity index is 2.07. The Morgan fingerprint density at radius 3 is 2.58 bits per heavy atom. The number of carbonyl (C=O) groups excluding carboxylic acids is 3. The summed E-state index contributed by atoms with van der Waals surface area (Å²) in [5.74, 6) is -1.12. The van der Waals surface area contributed by atoms with Crippen molar-refractivity contribution in [2.45, 2.75) is 26.3 Å². The van der Waals surface area contributed by atoms with Gasteiger partial charge < -0.3 is 20.1 Å². The first kappa shape index (κ1) is 20.1. The van der Waals surface area contributed by atoms with Crippen LogP contribution < -0.4 is 10.6 Å². The Kier molecular flexibility index (Phi) is 6.88. The summed E-state index contributed by atoms with van der Waals surface area (Å²) in [6.07, 6.45) is -0.0271. The topological polar surface area (TPSA) is 93.7 Å². The van der Waals surface area contributed by atoms with Gasteiger partial charge in [0.1, 0.15) is 6.61 Å². The quantitative estimate of drug-likeness (QED) is 0.715. The van der Waals surface area contributed by atoms with Crippen molar-refractivity contribution in [1.82, 2.24) is 10.6 Å². The number of halogens is 2. The molecule has 1 heterocycles. The molecular formula is C17H18Cl2N2O5. The van der Waals surface area contributed by atoms with Crippen molar-refractivity contribution < 1.29 is 23.9 Å². The minimum atomic E-state index is -0.581. The van der Waals surface area contributed by atoms with Gasteiger partial charge in [0.25, 0.3) is 0 Å². The molecule has 26 heavy (non-hydrogen) atoms. The van der Waals surface area contributed by atoms with Crippen molar-refractivity contribution in [2.75, 3.05) is 13.2 Å². The highest BCUT2D eigenvalue weighted by Crippen LogP contribution is 2.23. The van der Waals surface area contributed by atoms with Gasteiger partial charge in [-0.25, -0.2) is 9.59 Å². The van der Waals surface area contributed by atoms with Gasteiger partial charge in [0, 0.05) is 0 Å². The fraction of sp³-hybridized carbons (Fsp3) is 0.353. The van der Waals surface area contributed by atoms with E-state index in [1.165, 1.54) is 0 Å². The third-order valence-electron chi connectivity index (χ3n) is 3.58. The molecule has 1 aromatic carbocycles. The lowest BCUT2D eigenvalue weighted by molar-refractivity contribution is -0.143. The van der Waals surface area contributed by atoms with Crippen LogP contribution in [0.15, 0.2) is 29.5 Å². The number of hydrogen-bond donors (Lipinski definition) is 2. The second kappa shape index (κ2) is 8.91. The molecule has 0 spiro atoms. The van der Waals surface area contributed by atoms with Crippen molar-refractivity contribution in [3.05, 3.63) is 45.1 Å². The highest BCUT2D eigenvalue weighted by atomic mass is 35.5. The fourth-order valence-electron chi connectivity index (χ4n) is 2.41. The lowest BCUT2D eigenvalue weighted by atomic mass is 10.0. The molecule has 0 saturated carbocycles. The molecule has 1 aliphatic heterocycles. The minimum absolute atomic E-state index is 0.0271. The number of rotatable bonds is 6. The molecule has 1 aliphatic rings. The van der Waals surface area contributed by atoms with E-state index in [9.17, 15) is 14.4 Å². The summed E-state index contributed by atoms with van der Waals surface area (Å²) >= 11 is 11.7. The first-order valence-corrected chi connectivity index (χ1v) is 8.64. The normalized spacial score (nSPS) is 16.6. The van der Waals surface area contributed by atoms with Crippen molar-refractivity contribution in [3.63, 3.8) is 0 Å². The zero-order chi connectivity index (χ0) is 19.3. The van der Waals surface area contributed by atoms with Crippen molar-refractivity contribution in [2.24, 2.45) is 0 Å². The molecule has 0 unspecified atom stereocenters. The molecule has 0 radical (unpaired) electrons. The fourth-order valence-corrected chi connectivity index (χ4v) is 2.73. The van der Waals surface area contributed by atoms with Gasteiger partial charge in [-0.3, -0.25) is 4.79 Å². The lowest BCUT2D eigenvalue weighted by Gasteiger charge is -2.26. The molecule has 7 nitrogen and oxygen atoms in total. The van der Waals surface area contributed by atoms with Crippen LogP contribution in [0, 0.1) is 0 Å². The molecule has 0 aliphatic carbocycles. The summed E-state index contributed by atoms with van der Waals surface area (Å²) in [5, 5.41) is 5.77. The molecule has 0 aromatic heterocycles. The van der Waals surface area contributed by atoms with Crippen molar-refractivity contribution in [3.8, 4) is 0 Å². The van der Waals surface area contributed by atoms with Crippen molar-refractivity contribution >= 4 is 41.2 Å². The number of hydrogen-bond acceptors (Lipinski definition) is 5. The zero-order valence-electron chi connectivity index (χ0n) is 14.2. The van der Waals surface area contributed by atoms with E-state index >= 15 is 0 Å². The van der Waals surface area contributed by atoms with Gasteiger partial charge >= 0.3 is 18.0 Å². The third kappa shape index (κ3) is 5.12. The van der Waals surface area contributed by atoms with Crippen LogP contribution in [0.2, 0.25) is 10.0 Å². The van der Waals surface area contributed by atoms with Crippen LogP contribution in [-0.4, -0.2) is 37.2 Å². The van der Waals surface area contributed by atoms with E-state index in [0.717, 1.165) is 0 Å². The third-order valence-corrected chi connectivity index (χ3v) is 4.31. The van der Waals surface area contributed by atoms with Gasteiger partial charge in [-0.05, 0) is 31.5 Å². The maximum atomic E-state index is 12.1. The van der Waals surface area contributed by atoms with E-state index in [2.05, 4.69) is 10.6 Å². The average molecular weight is 401 g/mol. The number of nitrogens with one attached hydrogen (secondary N) is 2. The van der Waals surface area contributed by atoms with E-state index in [-0.39, 0.29) is 30.9 Å². The molecule has 140 valence electrons. The molecule has 2 amide bonds. The Bertz CT molecular complexity index is 764. The van der Waals surface area contributed by atoms with E-state index < -0.39 is 24.0 Å². The van der Waals surface area contributed by atoms with E-state index in [1.807, 2.05) is 0 Å². The van der Waals surface area contributed by atoms with Crippen LogP contribution in [0.3, 0.4) is 0 Å². The van der Waals surface area contributed by atoms with Gasteiger partial charge in [-0.2, -0.15) is 0 Å². The summed E-state index contributed by atoms with van der Waals surface area (Å²) in [5.41, 5.74) is 1.04. The van der Waals surface area contributed by atoms with Gasteiger partial charge in [-0.1, -0.05) is 29.3 Å². The maximum Gasteiger partial charge on any atom is 0.338 e. The number of amides is 2. The molecule has 1 aromatic rings. The van der Waals surface area contributed by atoms with Gasteiger partial charge in [0.2, 0.25) is 0 Å². The first-order chi connectivity index (χ1) is 12.3. The SMILES string of the molecule is CCOC(=O)C1=C(COC(=O)Cc2ccc(Cl)c(Cl)c2)NC(=O)N[C@@H]1C. The standard InChI is InChI=1S/C17H18Cl2N2O5/c1-3-25-16(23)15-9(2)20-17(24)21-13(15)8-26-14(22)7-10-4-5-11(18)12(19)6-10/h4-6,9H,3,7-8H2,1-2H3,(H2,20,21,24)/t9-/m1/s1. The number of esters is 2. The summed E-state index contributed by atoms with van der Waals surface area (Å²) in [6, 6.07) is 3.77. The van der Waals surface area contributed by atoms with E-state index in [0.29, 0.717) is 15.6 Å². The molecule has 1 atom stereocenters. The number of ether oxygens (including phenoxy) is 2. The minimum Gasteiger partial charge on any atom is -0.463 e. The maximum absolute atomic E-state index is 12.1. The summed E-state index contributed by atoms with van der Waals surface area (Å²) in [4.78, 5) is 35.8. The van der Waals surface area contributed by atoms with Crippen LogP contribution in [-0.2, 0) is 25.5 Å². The molecular weight excluding hydrogens is 383 g/mol. The highest BCUT2D eigenvalue weighted by Gasteiger charge is 2.30. The van der Waals surface area contributed by atoms with E-state index in [4.69, 9.17) is 32.7 Å². The zero-order valence-corrected chi connectivity index (χ0v) is 15.7. The highest BCUT2D eigenvalue weighted by molar-refractivity contribution is 6.42. The molecule has 0 saturated heterocycles. The first-order valence-electron chi connectivity index (χ1n) is 7.89. The van der Waals surface area contributed by atoms with E-state index in [1.54, 1.807) is 32.0 Å². The molecule has 0 bridgehead atoms. The van der Waals surface area contributed by atoms with Crippen molar-refractivity contribution in [1.29, 1.82) is 0 Å². The van der Waals surface area contributed by atoms with Crippen LogP contribution in [0.4, 0.5) is 4.79 Å². The monoisotopic (exact) mass is 400 g/mol. The molecule has 9 heteroatoms. The molecule has 2 N–H and O–H groups in total. The second-order valence-corrected chi connectivity index (χ2v) is 6.33. The average Bonchev–Trinajstić information content (AvgIpc) is 2.56. The Labute approximate surface area is 160 Å². The Morgan fingerprint density at radius 2 is 1.92 bits per heavy atom. The Hall–Kier alpha value is -2.25.